The Hall–Kier alpha value is -2.13. The Kier molecular flexibility index (Phi) is 3.99. The minimum absolute atomic E-state index is 0.0620. The lowest BCUT2D eigenvalue weighted by Crippen LogP contribution is -2.10. The molecular weight excluding hydrogens is 286 g/mol. The van der Waals surface area contributed by atoms with Gasteiger partial charge in [-0.3, -0.25) is 4.79 Å². The maximum atomic E-state index is 12.1. The number of aliphatic hydroxyl groups is 1. The highest BCUT2D eigenvalue weighted by Crippen LogP contribution is 2.41. The van der Waals surface area contributed by atoms with Crippen LogP contribution in [0.3, 0.4) is 0 Å². The Morgan fingerprint density at radius 1 is 1.13 bits per heavy atom. The van der Waals surface area contributed by atoms with Gasteiger partial charge in [-0.2, -0.15) is 0 Å². The molecule has 3 heteroatoms. The van der Waals surface area contributed by atoms with Crippen LogP contribution in [0.2, 0.25) is 0 Å². The van der Waals surface area contributed by atoms with E-state index in [2.05, 4.69) is 5.32 Å². The van der Waals surface area contributed by atoms with E-state index in [9.17, 15) is 9.90 Å². The van der Waals surface area contributed by atoms with Crippen molar-refractivity contribution in [2.24, 2.45) is 0 Å². The van der Waals surface area contributed by atoms with Crippen molar-refractivity contribution in [3.63, 3.8) is 0 Å². The predicted molar refractivity (Wildman–Crippen MR) is 92.8 cm³/mol. The van der Waals surface area contributed by atoms with Crippen LogP contribution in [0.25, 0.3) is 0 Å². The molecule has 2 atom stereocenters. The summed E-state index contributed by atoms with van der Waals surface area (Å²) in [7, 11) is 0. The highest BCUT2D eigenvalue weighted by atomic mass is 16.3. The number of aliphatic hydroxyl groups excluding tert-OH is 1. The molecule has 0 spiro atoms. The van der Waals surface area contributed by atoms with Crippen LogP contribution in [0.1, 0.15) is 58.7 Å². The van der Waals surface area contributed by atoms with E-state index in [1.807, 2.05) is 58.0 Å². The molecule has 0 saturated heterocycles. The molecule has 0 fully saturated rings. The summed E-state index contributed by atoms with van der Waals surface area (Å²) < 4.78 is 0. The van der Waals surface area contributed by atoms with Crippen molar-refractivity contribution in [2.45, 2.75) is 46.1 Å². The monoisotopic (exact) mass is 309 g/mol. The third-order valence-corrected chi connectivity index (χ3v) is 5.01. The van der Waals surface area contributed by atoms with E-state index >= 15 is 0 Å². The first-order valence-corrected chi connectivity index (χ1v) is 8.13. The quantitative estimate of drug-likeness (QED) is 0.895. The first kappa shape index (κ1) is 15.8. The summed E-state index contributed by atoms with van der Waals surface area (Å²) in [6, 6.07) is 9.95. The molecule has 0 aliphatic carbocycles. The van der Waals surface area contributed by atoms with Gasteiger partial charge in [0, 0.05) is 5.69 Å². The fourth-order valence-electron chi connectivity index (χ4n) is 3.38. The van der Waals surface area contributed by atoms with Gasteiger partial charge in [-0.1, -0.05) is 36.8 Å². The lowest BCUT2D eigenvalue weighted by Gasteiger charge is -2.19. The fraction of sp³-hybridized carbons (Fsp3) is 0.350. The van der Waals surface area contributed by atoms with E-state index in [4.69, 9.17) is 0 Å². The Bertz CT molecular complexity index is 762. The number of anilines is 1. The fourth-order valence-corrected chi connectivity index (χ4v) is 3.38. The van der Waals surface area contributed by atoms with Gasteiger partial charge in [0.2, 0.25) is 5.91 Å². The van der Waals surface area contributed by atoms with Crippen LogP contribution < -0.4 is 5.32 Å². The Morgan fingerprint density at radius 2 is 1.78 bits per heavy atom. The largest absolute Gasteiger partial charge is 0.384 e. The summed E-state index contributed by atoms with van der Waals surface area (Å²) in [5.74, 6) is -0.0553. The predicted octanol–water partition coefficient (Wildman–Crippen LogP) is 4.14. The van der Waals surface area contributed by atoms with Crippen LogP contribution in [0.15, 0.2) is 30.3 Å². The molecule has 2 aromatic carbocycles. The van der Waals surface area contributed by atoms with Gasteiger partial charge in [0.25, 0.3) is 0 Å². The van der Waals surface area contributed by atoms with Crippen LogP contribution in [0.4, 0.5) is 5.69 Å². The molecule has 1 aliphatic rings. The second-order valence-electron chi connectivity index (χ2n) is 6.44. The topological polar surface area (TPSA) is 49.3 Å². The van der Waals surface area contributed by atoms with Gasteiger partial charge >= 0.3 is 0 Å². The van der Waals surface area contributed by atoms with E-state index in [1.54, 1.807) is 0 Å². The molecule has 2 N–H and O–H groups in total. The molecule has 1 heterocycles. The van der Waals surface area contributed by atoms with E-state index in [0.29, 0.717) is 0 Å². The van der Waals surface area contributed by atoms with Crippen molar-refractivity contribution < 1.29 is 9.90 Å². The van der Waals surface area contributed by atoms with E-state index in [1.165, 1.54) is 5.56 Å². The SMILES string of the molecule is CCC1C(=O)Nc2c1cc(C(O)c1ccc(C)cc1)c(C)c2C. The summed E-state index contributed by atoms with van der Waals surface area (Å²) in [6.45, 7) is 8.07. The van der Waals surface area contributed by atoms with Crippen molar-refractivity contribution in [3.05, 3.63) is 63.7 Å². The highest BCUT2D eigenvalue weighted by molar-refractivity contribution is 6.04. The standard InChI is InChI=1S/C20H23NO2/c1-5-15-17-10-16(12(3)13(4)18(17)21-20(15)23)19(22)14-8-6-11(2)7-9-14/h6-10,15,19,22H,5H2,1-4H3,(H,21,23). The van der Waals surface area contributed by atoms with Gasteiger partial charge < -0.3 is 10.4 Å². The number of amides is 1. The number of hydrogen-bond donors (Lipinski definition) is 2. The molecule has 1 aliphatic heterocycles. The van der Waals surface area contributed by atoms with Gasteiger partial charge in [-0.25, -0.2) is 0 Å². The van der Waals surface area contributed by atoms with Crippen molar-refractivity contribution in [2.75, 3.05) is 5.32 Å². The number of rotatable bonds is 3. The Morgan fingerprint density at radius 3 is 2.39 bits per heavy atom. The maximum absolute atomic E-state index is 12.1. The zero-order chi connectivity index (χ0) is 16.7. The molecule has 0 saturated carbocycles. The lowest BCUT2D eigenvalue weighted by atomic mass is 9.88. The number of fused-ring (bicyclic) bond motifs is 1. The maximum Gasteiger partial charge on any atom is 0.232 e. The second kappa shape index (κ2) is 5.82. The van der Waals surface area contributed by atoms with Crippen LogP contribution in [0.5, 0.6) is 0 Å². The molecule has 3 rings (SSSR count). The van der Waals surface area contributed by atoms with Crippen molar-refractivity contribution in [1.29, 1.82) is 0 Å². The van der Waals surface area contributed by atoms with Gasteiger partial charge in [-0.05, 0) is 61.1 Å². The van der Waals surface area contributed by atoms with E-state index < -0.39 is 6.10 Å². The summed E-state index contributed by atoms with van der Waals surface area (Å²) in [5, 5.41) is 13.8. The smallest absolute Gasteiger partial charge is 0.232 e. The molecule has 120 valence electrons. The molecule has 0 radical (unpaired) electrons. The average Bonchev–Trinajstić information content (AvgIpc) is 2.86. The molecule has 2 unspecified atom stereocenters. The van der Waals surface area contributed by atoms with Gasteiger partial charge in [0.05, 0.1) is 5.92 Å². The third-order valence-electron chi connectivity index (χ3n) is 5.01. The number of carbonyl (C=O) groups is 1. The Labute approximate surface area is 137 Å². The zero-order valence-corrected chi connectivity index (χ0v) is 14.1. The van der Waals surface area contributed by atoms with Crippen LogP contribution in [0, 0.1) is 20.8 Å². The van der Waals surface area contributed by atoms with E-state index in [-0.39, 0.29) is 11.8 Å². The highest BCUT2D eigenvalue weighted by Gasteiger charge is 2.32. The van der Waals surface area contributed by atoms with E-state index in [0.717, 1.165) is 39.9 Å². The van der Waals surface area contributed by atoms with Crippen molar-refractivity contribution >= 4 is 11.6 Å². The lowest BCUT2D eigenvalue weighted by molar-refractivity contribution is -0.117. The third kappa shape index (κ3) is 2.55. The summed E-state index contributed by atoms with van der Waals surface area (Å²) in [4.78, 5) is 12.1. The second-order valence-corrected chi connectivity index (χ2v) is 6.44. The van der Waals surface area contributed by atoms with Crippen molar-refractivity contribution in [3.8, 4) is 0 Å². The molecule has 0 aromatic heterocycles. The van der Waals surface area contributed by atoms with Crippen LogP contribution in [-0.4, -0.2) is 11.0 Å². The molecule has 2 aromatic rings. The van der Waals surface area contributed by atoms with Crippen LogP contribution in [-0.2, 0) is 4.79 Å². The molecular formula is C20H23NO2. The molecule has 23 heavy (non-hydrogen) atoms. The number of benzene rings is 2. The minimum atomic E-state index is -0.673. The number of carbonyl (C=O) groups excluding carboxylic acids is 1. The van der Waals surface area contributed by atoms with Gasteiger partial charge in [0.1, 0.15) is 6.10 Å². The summed E-state index contributed by atoms with van der Waals surface area (Å²) in [6.07, 6.45) is 0.0920. The normalized spacial score (nSPS) is 17.8. The van der Waals surface area contributed by atoms with Crippen LogP contribution >= 0.6 is 0 Å². The summed E-state index contributed by atoms with van der Waals surface area (Å²) >= 11 is 0. The molecule has 0 bridgehead atoms. The van der Waals surface area contributed by atoms with Crippen molar-refractivity contribution in [1.82, 2.24) is 0 Å². The molecule has 1 amide bonds. The number of aryl methyl sites for hydroxylation is 1. The Balaban J connectivity index is 2.10. The molecule has 3 nitrogen and oxygen atoms in total. The zero-order valence-electron chi connectivity index (χ0n) is 14.1. The number of hydrogen-bond acceptors (Lipinski definition) is 2. The average molecular weight is 309 g/mol. The number of nitrogens with one attached hydrogen (secondary N) is 1. The first-order valence-electron chi connectivity index (χ1n) is 8.13. The first-order chi connectivity index (χ1) is 10.9. The minimum Gasteiger partial charge on any atom is -0.384 e. The van der Waals surface area contributed by atoms with Gasteiger partial charge in [-0.15, -0.1) is 0 Å². The van der Waals surface area contributed by atoms with Gasteiger partial charge in [0.15, 0.2) is 0 Å². The summed E-state index contributed by atoms with van der Waals surface area (Å²) in [5.41, 5.74) is 6.97.